The summed E-state index contributed by atoms with van der Waals surface area (Å²) in [6, 6.07) is 0. The molecule has 0 atom stereocenters. The van der Waals surface area contributed by atoms with Gasteiger partial charge in [-0.3, -0.25) is 0 Å². The third-order valence-electron chi connectivity index (χ3n) is 1.90. The van der Waals surface area contributed by atoms with Crippen LogP contribution >= 0.6 is 0 Å². The van der Waals surface area contributed by atoms with Crippen LogP contribution in [-0.4, -0.2) is 0 Å². The number of rotatable bonds is 2. The van der Waals surface area contributed by atoms with Crippen molar-refractivity contribution in [3.05, 3.63) is 44.8 Å². The molecule has 0 aromatic heterocycles. The van der Waals surface area contributed by atoms with E-state index in [-0.39, 0.29) is 0 Å². The predicted molar refractivity (Wildman–Crippen MR) is 48.3 cm³/mol. The van der Waals surface area contributed by atoms with Crippen LogP contribution in [0.15, 0.2) is 44.8 Å². The Kier molecular flexibility index (Phi) is 2.73. The Hall–Kier alpha value is -0.417. The molecule has 64 valence electrons. The summed E-state index contributed by atoms with van der Waals surface area (Å²) in [5, 5.41) is 0. The monoisotopic (exact) mass is 246 g/mol. The van der Waals surface area contributed by atoms with Gasteiger partial charge < -0.3 is 0 Å². The molecule has 0 aromatic carbocycles. The normalized spacial score (nSPS) is 21.3. The molecule has 0 amide bonds. The molecule has 0 saturated heterocycles. The van der Waals surface area contributed by atoms with E-state index in [0.29, 0.717) is 17.1 Å². The van der Waals surface area contributed by atoms with Gasteiger partial charge >= 0.3 is 81.2 Å². The molecule has 0 unspecified atom stereocenters. The van der Waals surface area contributed by atoms with Crippen LogP contribution in [0.25, 0.3) is 0 Å². The van der Waals surface area contributed by atoms with E-state index in [1.807, 2.05) is 0 Å². The van der Waals surface area contributed by atoms with Crippen molar-refractivity contribution in [1.29, 1.82) is 0 Å². The topological polar surface area (TPSA) is 0 Å². The summed E-state index contributed by atoms with van der Waals surface area (Å²) in [6.07, 6.45) is 17.2. The Labute approximate surface area is 81.3 Å². The minimum atomic E-state index is 0.387. The first-order valence-corrected chi connectivity index (χ1v) is 6.03. The fourth-order valence-electron chi connectivity index (χ4n) is 1.27. The van der Waals surface area contributed by atoms with Crippen molar-refractivity contribution in [3.8, 4) is 0 Å². The number of allylic oxidation sites excluding steroid dienone is 8. The van der Waals surface area contributed by atoms with Gasteiger partial charge in [0.2, 0.25) is 0 Å². The molecule has 2 aliphatic carbocycles. The van der Waals surface area contributed by atoms with E-state index in [1.54, 1.807) is 8.33 Å². The molecular weight excluding hydrogens is 233 g/mol. The molecule has 0 nitrogen and oxygen atoms in total. The second kappa shape index (κ2) is 4.00. The van der Waals surface area contributed by atoms with Gasteiger partial charge in [-0.15, -0.1) is 0 Å². The molecule has 0 bridgehead atoms. The van der Waals surface area contributed by atoms with Gasteiger partial charge in [0.25, 0.3) is 0 Å². The summed E-state index contributed by atoms with van der Waals surface area (Å²) in [5.74, 6) is 0. The SMILES string of the molecule is C1=CCC[C]([Ru][C]2=CC=CC2)=C1. The van der Waals surface area contributed by atoms with Crippen molar-refractivity contribution in [3.63, 3.8) is 0 Å². The first kappa shape index (κ1) is 8.19. The van der Waals surface area contributed by atoms with Crippen molar-refractivity contribution in [2.75, 3.05) is 0 Å². The van der Waals surface area contributed by atoms with Crippen LogP contribution < -0.4 is 0 Å². The quantitative estimate of drug-likeness (QED) is 0.656. The summed E-state index contributed by atoms with van der Waals surface area (Å²) < 4.78 is 3.34. The Balaban J connectivity index is 1.94. The summed E-state index contributed by atoms with van der Waals surface area (Å²) in [7, 11) is 0. The molecule has 0 fully saturated rings. The zero-order valence-electron chi connectivity index (χ0n) is 6.94. The van der Waals surface area contributed by atoms with Gasteiger partial charge in [0.05, 0.1) is 0 Å². The molecule has 0 aliphatic heterocycles. The van der Waals surface area contributed by atoms with E-state index in [9.17, 15) is 0 Å². The Morgan fingerprint density at radius 1 is 1.00 bits per heavy atom. The molecule has 0 radical (unpaired) electrons. The van der Waals surface area contributed by atoms with Crippen molar-refractivity contribution < 1.29 is 17.1 Å². The van der Waals surface area contributed by atoms with Crippen molar-refractivity contribution in [2.45, 2.75) is 19.3 Å². The number of hydrogen-bond acceptors (Lipinski definition) is 0. The van der Waals surface area contributed by atoms with E-state index < -0.39 is 0 Å². The third kappa shape index (κ3) is 2.04. The summed E-state index contributed by atoms with van der Waals surface area (Å²) in [4.78, 5) is 0. The molecule has 2 aliphatic rings. The van der Waals surface area contributed by atoms with E-state index in [2.05, 4.69) is 36.5 Å². The molecular formula is C11H12Ru. The average molecular weight is 245 g/mol. The van der Waals surface area contributed by atoms with Crippen molar-refractivity contribution in [2.24, 2.45) is 0 Å². The predicted octanol–water partition coefficient (Wildman–Crippen LogP) is 3.15. The van der Waals surface area contributed by atoms with Gasteiger partial charge in [0.15, 0.2) is 0 Å². The second-order valence-electron chi connectivity index (χ2n) is 2.88. The van der Waals surface area contributed by atoms with Gasteiger partial charge in [0.1, 0.15) is 0 Å². The van der Waals surface area contributed by atoms with E-state index in [0.717, 1.165) is 0 Å². The molecule has 0 N–H and O–H groups in total. The van der Waals surface area contributed by atoms with Crippen LogP contribution in [-0.2, 0) is 17.1 Å². The third-order valence-corrected chi connectivity index (χ3v) is 4.38. The summed E-state index contributed by atoms with van der Waals surface area (Å²) in [6.45, 7) is 0. The van der Waals surface area contributed by atoms with Crippen molar-refractivity contribution in [1.82, 2.24) is 0 Å². The van der Waals surface area contributed by atoms with Crippen molar-refractivity contribution >= 4 is 0 Å². The van der Waals surface area contributed by atoms with Crippen LogP contribution in [0, 0.1) is 0 Å². The average Bonchev–Trinajstić information content (AvgIpc) is 2.59. The molecule has 0 aromatic rings. The zero-order valence-corrected chi connectivity index (χ0v) is 8.68. The van der Waals surface area contributed by atoms with Crippen LogP contribution in [0.2, 0.25) is 0 Å². The maximum absolute atomic E-state index is 2.31. The minimum absolute atomic E-state index is 0.387. The Bertz CT molecular complexity index is 279. The standard InChI is InChI=1S/C6H7.C5H5.Ru/c1-2-4-6-5-3-1;1-2-4-5-3-1;/h1-3H,4,6H2;1-3H,4H2;. The van der Waals surface area contributed by atoms with Crippen LogP contribution in [0.4, 0.5) is 0 Å². The Morgan fingerprint density at radius 3 is 2.50 bits per heavy atom. The van der Waals surface area contributed by atoms with E-state index in [4.69, 9.17) is 0 Å². The molecule has 2 rings (SSSR count). The van der Waals surface area contributed by atoms with Gasteiger partial charge in [0, 0.05) is 0 Å². The van der Waals surface area contributed by atoms with E-state index in [1.165, 1.54) is 19.3 Å². The first-order valence-electron chi connectivity index (χ1n) is 4.29. The molecule has 0 heterocycles. The van der Waals surface area contributed by atoms with Gasteiger partial charge in [-0.05, 0) is 0 Å². The molecule has 0 spiro atoms. The maximum atomic E-state index is 2.31. The first-order chi connectivity index (χ1) is 5.95. The Morgan fingerprint density at radius 2 is 1.83 bits per heavy atom. The zero-order chi connectivity index (χ0) is 8.23. The fourth-order valence-corrected chi connectivity index (χ4v) is 3.46. The fraction of sp³-hybridized carbons (Fsp3) is 0.273. The second-order valence-corrected chi connectivity index (χ2v) is 5.55. The van der Waals surface area contributed by atoms with Crippen LogP contribution in [0.5, 0.6) is 0 Å². The van der Waals surface area contributed by atoms with Gasteiger partial charge in [-0.2, -0.15) is 0 Å². The van der Waals surface area contributed by atoms with Gasteiger partial charge in [-0.1, -0.05) is 0 Å². The molecule has 12 heavy (non-hydrogen) atoms. The van der Waals surface area contributed by atoms with Gasteiger partial charge in [-0.25, -0.2) is 0 Å². The number of hydrogen-bond donors (Lipinski definition) is 0. The summed E-state index contributed by atoms with van der Waals surface area (Å²) >= 11 is 0.387. The summed E-state index contributed by atoms with van der Waals surface area (Å²) in [5.41, 5.74) is 0. The van der Waals surface area contributed by atoms with Crippen LogP contribution in [0.1, 0.15) is 19.3 Å². The van der Waals surface area contributed by atoms with Crippen LogP contribution in [0.3, 0.4) is 0 Å². The van der Waals surface area contributed by atoms with E-state index >= 15 is 0 Å². The molecule has 1 heteroatoms. The molecule has 0 saturated carbocycles.